The molecule has 0 bridgehead atoms. The number of carbonyl (C=O) groups is 1. The van der Waals surface area contributed by atoms with Gasteiger partial charge in [0.25, 0.3) is 5.91 Å². The number of nitrogens with one attached hydrogen (secondary N) is 1. The highest BCUT2D eigenvalue weighted by molar-refractivity contribution is 5.93. The van der Waals surface area contributed by atoms with Gasteiger partial charge in [-0.05, 0) is 6.92 Å². The van der Waals surface area contributed by atoms with E-state index in [1.165, 1.54) is 6.39 Å². The van der Waals surface area contributed by atoms with Crippen LogP contribution in [0.4, 0.5) is 0 Å². The molecule has 2 aromatic heterocycles. The molecule has 0 unspecified atom stereocenters. The van der Waals surface area contributed by atoms with Crippen molar-refractivity contribution in [3.63, 3.8) is 0 Å². The number of hydrogen-bond donors (Lipinski definition) is 2. The Morgan fingerprint density at radius 1 is 1.27 bits per heavy atom. The molecule has 0 aliphatic carbocycles. The van der Waals surface area contributed by atoms with Crippen molar-refractivity contribution in [3.05, 3.63) is 54.4 Å². The Kier molecular flexibility index (Phi) is 9.51. The third-order valence-corrected chi connectivity index (χ3v) is 2.83. The Morgan fingerprint density at radius 3 is 2.58 bits per heavy atom. The molecule has 0 fully saturated rings. The first-order valence-corrected chi connectivity index (χ1v) is 7.74. The average molecular weight is 356 g/mol. The number of nitrogens with zero attached hydrogens (tertiary/aromatic N) is 3. The van der Waals surface area contributed by atoms with Gasteiger partial charge in [0.05, 0.1) is 0 Å². The molecule has 0 radical (unpaired) electrons. The van der Waals surface area contributed by atoms with E-state index in [0.29, 0.717) is 24.6 Å². The molecule has 0 aliphatic rings. The first-order valence-electron chi connectivity index (χ1n) is 7.74. The van der Waals surface area contributed by atoms with Crippen molar-refractivity contribution in [2.75, 3.05) is 13.2 Å². The van der Waals surface area contributed by atoms with Crippen molar-refractivity contribution in [3.8, 4) is 24.2 Å². The van der Waals surface area contributed by atoms with E-state index < -0.39 is 0 Å². The molecule has 0 saturated heterocycles. The number of aliphatic hydroxyl groups excluding tert-OH is 1. The second-order valence-corrected chi connectivity index (χ2v) is 4.60. The van der Waals surface area contributed by atoms with Gasteiger partial charge in [0.2, 0.25) is 12.3 Å². The van der Waals surface area contributed by atoms with Crippen LogP contribution in [0, 0.1) is 12.8 Å². The van der Waals surface area contributed by atoms with Crippen molar-refractivity contribution >= 4 is 5.91 Å². The van der Waals surface area contributed by atoms with E-state index in [4.69, 9.17) is 14.0 Å². The molecule has 136 valence electrons. The molecule has 26 heavy (non-hydrogen) atoms. The zero-order valence-corrected chi connectivity index (χ0v) is 14.3. The monoisotopic (exact) mass is 356 g/mol. The summed E-state index contributed by atoms with van der Waals surface area (Å²) in [6.07, 6.45) is 9.72. The van der Waals surface area contributed by atoms with Crippen LogP contribution in [0.5, 0.6) is 0 Å². The third kappa shape index (κ3) is 6.59. The number of terminal acetylenes is 1. The normalized spacial score (nSPS) is 9.23. The Morgan fingerprint density at radius 2 is 1.96 bits per heavy atom. The molecule has 8 heteroatoms. The van der Waals surface area contributed by atoms with Crippen LogP contribution in [0.2, 0.25) is 0 Å². The van der Waals surface area contributed by atoms with E-state index >= 15 is 0 Å². The Balaban J connectivity index is 0.000000615. The highest BCUT2D eigenvalue weighted by Crippen LogP contribution is 2.19. The molecule has 3 aromatic rings. The highest BCUT2D eigenvalue weighted by atomic mass is 16.5. The first-order chi connectivity index (χ1) is 12.7. The van der Waals surface area contributed by atoms with Crippen LogP contribution in [-0.2, 0) is 6.42 Å². The summed E-state index contributed by atoms with van der Waals surface area (Å²) in [6.45, 7) is 2.31. The average Bonchev–Trinajstić information content (AvgIpc) is 3.37. The molecule has 1 amide bonds. The second-order valence-electron chi connectivity index (χ2n) is 4.60. The minimum atomic E-state index is -0.305. The van der Waals surface area contributed by atoms with Gasteiger partial charge in [0, 0.05) is 31.2 Å². The summed E-state index contributed by atoms with van der Waals surface area (Å²) in [5, 5.41) is 21.3. The molecule has 0 spiro atoms. The minimum Gasteiger partial charge on any atom is -0.428 e. The van der Waals surface area contributed by atoms with Crippen LogP contribution in [-0.4, -0.2) is 39.5 Å². The lowest BCUT2D eigenvalue weighted by Gasteiger charge is -1.99. The number of carbonyl (C=O) groups excluding carboxylic acids is 1. The number of aliphatic hydroxyl groups is 1. The van der Waals surface area contributed by atoms with E-state index in [2.05, 4.69) is 33.5 Å². The van der Waals surface area contributed by atoms with Gasteiger partial charge in [0.15, 0.2) is 11.5 Å². The Bertz CT molecular complexity index is 767. The number of hydrogen-bond acceptors (Lipinski definition) is 7. The van der Waals surface area contributed by atoms with Gasteiger partial charge in [0.1, 0.15) is 0 Å². The summed E-state index contributed by atoms with van der Waals surface area (Å²) < 4.78 is 10.1. The Hall–Kier alpha value is -3.44. The zero-order chi connectivity index (χ0) is 19.2. The minimum absolute atomic E-state index is 0.236. The number of amides is 1. The van der Waals surface area contributed by atoms with Gasteiger partial charge in [-0.1, -0.05) is 35.5 Å². The lowest BCUT2D eigenvalue weighted by molar-refractivity contribution is 0.0944. The molecular formula is C18H20N4O4. The quantitative estimate of drug-likeness (QED) is 0.671. The number of benzene rings is 1. The number of aromatic nitrogens is 3. The van der Waals surface area contributed by atoms with E-state index in [0.717, 1.165) is 5.56 Å². The van der Waals surface area contributed by atoms with Gasteiger partial charge in [-0.15, -0.1) is 23.0 Å². The Labute approximate surface area is 151 Å². The second kappa shape index (κ2) is 12.0. The topological polar surface area (TPSA) is 114 Å². The van der Waals surface area contributed by atoms with Crippen LogP contribution in [0.1, 0.15) is 23.3 Å². The molecule has 2 N–H and O–H groups in total. The zero-order valence-electron chi connectivity index (χ0n) is 14.3. The summed E-state index contributed by atoms with van der Waals surface area (Å²) in [7, 11) is 0. The van der Waals surface area contributed by atoms with Crippen molar-refractivity contribution in [2.24, 2.45) is 0 Å². The predicted octanol–water partition coefficient (Wildman–Crippen LogP) is 1.95. The standard InChI is InChI=1S/C14H12N4O3.C2H6O.C2H2/c19-14(15-7-6-13-17-16-9-20-13)11-8-12(21-18-11)10-4-2-1-3-5-10;1-2-3;1-2/h1-5,8-9H,6-7H2,(H,15,19);3H,2H2,1H3;1-2H. The fourth-order valence-corrected chi connectivity index (χ4v) is 1.80. The maximum Gasteiger partial charge on any atom is 0.273 e. The molecule has 2 heterocycles. The summed E-state index contributed by atoms with van der Waals surface area (Å²) in [4.78, 5) is 11.9. The summed E-state index contributed by atoms with van der Waals surface area (Å²) in [6, 6.07) is 11.1. The first kappa shape index (κ1) is 20.6. The molecule has 3 rings (SSSR count). The van der Waals surface area contributed by atoms with Crippen LogP contribution in [0.3, 0.4) is 0 Å². The van der Waals surface area contributed by atoms with Gasteiger partial charge in [-0.2, -0.15) is 0 Å². The van der Waals surface area contributed by atoms with E-state index in [1.807, 2.05) is 30.3 Å². The van der Waals surface area contributed by atoms with Crippen LogP contribution in [0.25, 0.3) is 11.3 Å². The molecule has 1 aromatic carbocycles. The lowest BCUT2D eigenvalue weighted by Crippen LogP contribution is -2.26. The van der Waals surface area contributed by atoms with E-state index in [1.54, 1.807) is 13.0 Å². The van der Waals surface area contributed by atoms with Crippen molar-refractivity contribution < 1.29 is 18.8 Å². The van der Waals surface area contributed by atoms with Crippen LogP contribution < -0.4 is 5.32 Å². The molecule has 0 aliphatic heterocycles. The third-order valence-electron chi connectivity index (χ3n) is 2.83. The fourth-order valence-electron chi connectivity index (χ4n) is 1.80. The van der Waals surface area contributed by atoms with Gasteiger partial charge in [-0.25, -0.2) is 0 Å². The van der Waals surface area contributed by atoms with Gasteiger partial charge >= 0.3 is 0 Å². The van der Waals surface area contributed by atoms with E-state index in [-0.39, 0.29) is 18.2 Å². The summed E-state index contributed by atoms with van der Waals surface area (Å²) >= 11 is 0. The van der Waals surface area contributed by atoms with Crippen LogP contribution in [0.15, 0.2) is 51.7 Å². The lowest BCUT2D eigenvalue weighted by atomic mass is 10.1. The molecule has 0 atom stereocenters. The maximum absolute atomic E-state index is 11.9. The van der Waals surface area contributed by atoms with Crippen molar-refractivity contribution in [2.45, 2.75) is 13.3 Å². The largest absolute Gasteiger partial charge is 0.428 e. The predicted molar refractivity (Wildman–Crippen MR) is 94.9 cm³/mol. The van der Waals surface area contributed by atoms with Crippen LogP contribution >= 0.6 is 0 Å². The maximum atomic E-state index is 11.9. The fraction of sp³-hybridized carbons (Fsp3) is 0.222. The van der Waals surface area contributed by atoms with Crippen molar-refractivity contribution in [1.82, 2.24) is 20.7 Å². The summed E-state index contributed by atoms with van der Waals surface area (Å²) in [5.74, 6) is 0.721. The van der Waals surface area contributed by atoms with E-state index in [9.17, 15) is 4.79 Å². The van der Waals surface area contributed by atoms with Gasteiger partial charge in [-0.3, -0.25) is 4.79 Å². The molecule has 0 saturated carbocycles. The van der Waals surface area contributed by atoms with Gasteiger partial charge < -0.3 is 19.4 Å². The van der Waals surface area contributed by atoms with Crippen molar-refractivity contribution in [1.29, 1.82) is 0 Å². The number of rotatable bonds is 5. The highest BCUT2D eigenvalue weighted by Gasteiger charge is 2.13. The molecular weight excluding hydrogens is 336 g/mol. The SMILES string of the molecule is C#C.CCO.O=C(NCCc1nnco1)c1cc(-c2ccccc2)on1. The summed E-state index contributed by atoms with van der Waals surface area (Å²) in [5.41, 5.74) is 1.11. The molecule has 8 nitrogen and oxygen atoms in total. The smallest absolute Gasteiger partial charge is 0.273 e.